The molecule has 5 rings (SSSR count). The van der Waals surface area contributed by atoms with Gasteiger partial charge in [-0.1, -0.05) is 29.8 Å². The fourth-order valence-corrected chi connectivity index (χ4v) is 5.11. The number of anilines is 2. The van der Waals surface area contributed by atoms with Gasteiger partial charge in [-0.15, -0.1) is 13.2 Å². The van der Waals surface area contributed by atoms with Crippen LogP contribution >= 0.6 is 11.6 Å². The molecular weight excluding hydrogens is 577 g/mol. The molecule has 3 unspecified atom stereocenters. The van der Waals surface area contributed by atoms with Crippen molar-refractivity contribution in [2.75, 3.05) is 37.6 Å². The average Bonchev–Trinajstić information content (AvgIpc) is 3.63. The van der Waals surface area contributed by atoms with E-state index in [0.29, 0.717) is 52.9 Å². The SMILES string of the molecule is COC(=O)C1CC1COc1cc(NC(C(=O)N2CCc3ccc(OC(F)(F)F)cc32)c2ccc(Cl)cc2)cc(OC)c1. The maximum Gasteiger partial charge on any atom is 0.573 e. The van der Waals surface area contributed by atoms with Crippen LogP contribution in [0.1, 0.15) is 23.6 Å². The maximum absolute atomic E-state index is 14.0. The molecule has 1 amide bonds. The summed E-state index contributed by atoms with van der Waals surface area (Å²) in [6.45, 7) is 0.587. The van der Waals surface area contributed by atoms with Crippen molar-refractivity contribution < 1.29 is 41.7 Å². The van der Waals surface area contributed by atoms with Crippen LogP contribution in [-0.2, 0) is 20.7 Å². The molecule has 1 aliphatic heterocycles. The van der Waals surface area contributed by atoms with E-state index in [1.54, 1.807) is 42.5 Å². The molecule has 1 saturated carbocycles. The summed E-state index contributed by atoms with van der Waals surface area (Å²) in [5.41, 5.74) is 2.17. The van der Waals surface area contributed by atoms with Crippen LogP contribution in [0.25, 0.3) is 0 Å². The highest BCUT2D eigenvalue weighted by molar-refractivity contribution is 6.30. The summed E-state index contributed by atoms with van der Waals surface area (Å²) in [5.74, 6) is -0.254. The summed E-state index contributed by atoms with van der Waals surface area (Å²) >= 11 is 6.10. The lowest BCUT2D eigenvalue weighted by Crippen LogP contribution is -2.37. The van der Waals surface area contributed by atoms with Crippen LogP contribution < -0.4 is 24.4 Å². The van der Waals surface area contributed by atoms with Crippen molar-refractivity contribution in [1.29, 1.82) is 0 Å². The van der Waals surface area contributed by atoms with Gasteiger partial charge in [0.1, 0.15) is 23.3 Å². The lowest BCUT2D eigenvalue weighted by Gasteiger charge is -2.26. The molecule has 12 heteroatoms. The smallest absolute Gasteiger partial charge is 0.497 e. The van der Waals surface area contributed by atoms with E-state index in [-0.39, 0.29) is 30.3 Å². The number of nitrogens with one attached hydrogen (secondary N) is 1. The average molecular weight is 605 g/mol. The molecule has 8 nitrogen and oxygen atoms in total. The zero-order valence-electron chi connectivity index (χ0n) is 22.7. The van der Waals surface area contributed by atoms with E-state index in [1.165, 1.54) is 37.3 Å². The third-order valence-corrected chi connectivity index (χ3v) is 7.47. The minimum absolute atomic E-state index is 0.0462. The number of amides is 1. The second-order valence-corrected chi connectivity index (χ2v) is 10.5. The molecule has 1 aliphatic carbocycles. The minimum Gasteiger partial charge on any atom is -0.497 e. The molecule has 0 aromatic heterocycles. The van der Waals surface area contributed by atoms with Gasteiger partial charge in [-0.3, -0.25) is 9.59 Å². The van der Waals surface area contributed by atoms with Crippen molar-refractivity contribution in [3.8, 4) is 17.2 Å². The molecule has 1 heterocycles. The summed E-state index contributed by atoms with van der Waals surface area (Å²) in [6, 6.07) is 14.9. The van der Waals surface area contributed by atoms with Gasteiger partial charge in [-0.2, -0.15) is 0 Å². The maximum atomic E-state index is 14.0. The number of ether oxygens (including phenoxy) is 4. The molecule has 222 valence electrons. The highest BCUT2D eigenvalue weighted by atomic mass is 35.5. The van der Waals surface area contributed by atoms with E-state index in [9.17, 15) is 22.8 Å². The Balaban J connectivity index is 1.41. The number of hydrogen-bond donors (Lipinski definition) is 1. The third-order valence-electron chi connectivity index (χ3n) is 7.22. The number of rotatable bonds is 10. The number of esters is 1. The second kappa shape index (κ2) is 12.0. The number of halogens is 4. The van der Waals surface area contributed by atoms with Gasteiger partial charge in [0, 0.05) is 47.4 Å². The first-order chi connectivity index (χ1) is 20.0. The lowest BCUT2D eigenvalue weighted by molar-refractivity contribution is -0.274. The van der Waals surface area contributed by atoms with Crippen LogP contribution in [0.15, 0.2) is 60.7 Å². The topological polar surface area (TPSA) is 86.3 Å². The Morgan fingerprint density at radius 3 is 2.45 bits per heavy atom. The van der Waals surface area contributed by atoms with Gasteiger partial charge in [0.25, 0.3) is 5.91 Å². The number of hydrogen-bond acceptors (Lipinski definition) is 7. The van der Waals surface area contributed by atoms with Crippen molar-refractivity contribution in [1.82, 2.24) is 0 Å². The number of alkyl halides is 3. The van der Waals surface area contributed by atoms with Crippen molar-refractivity contribution >= 4 is 34.9 Å². The Labute approximate surface area is 245 Å². The molecule has 1 fully saturated rings. The summed E-state index contributed by atoms with van der Waals surface area (Å²) < 4.78 is 58.9. The van der Waals surface area contributed by atoms with Gasteiger partial charge in [-0.25, -0.2) is 0 Å². The fraction of sp³-hybridized carbons (Fsp3) is 0.333. The Hall–Kier alpha value is -4.12. The zero-order chi connectivity index (χ0) is 30.0. The summed E-state index contributed by atoms with van der Waals surface area (Å²) in [7, 11) is 2.85. The summed E-state index contributed by atoms with van der Waals surface area (Å²) in [6.07, 6.45) is -3.70. The monoisotopic (exact) mass is 604 g/mol. The number of nitrogens with zero attached hydrogens (tertiary/aromatic N) is 1. The largest absolute Gasteiger partial charge is 0.573 e. The third kappa shape index (κ3) is 6.84. The van der Waals surface area contributed by atoms with E-state index in [0.717, 1.165) is 5.56 Å². The predicted octanol–water partition coefficient (Wildman–Crippen LogP) is 6.18. The quantitative estimate of drug-likeness (QED) is 0.277. The van der Waals surface area contributed by atoms with Crippen molar-refractivity contribution in [3.05, 3.63) is 76.8 Å². The molecule has 0 saturated heterocycles. The van der Waals surface area contributed by atoms with Gasteiger partial charge in [0.05, 0.1) is 32.4 Å². The molecule has 3 aromatic rings. The molecular formula is C30H28ClF3N2O6. The highest BCUT2D eigenvalue weighted by Crippen LogP contribution is 2.41. The van der Waals surface area contributed by atoms with Crippen LogP contribution in [0.4, 0.5) is 24.5 Å². The predicted molar refractivity (Wildman–Crippen MR) is 149 cm³/mol. The van der Waals surface area contributed by atoms with Crippen molar-refractivity contribution in [2.24, 2.45) is 11.8 Å². The van der Waals surface area contributed by atoms with Gasteiger partial charge in [0.2, 0.25) is 0 Å². The van der Waals surface area contributed by atoms with E-state index in [1.807, 2.05) is 0 Å². The number of benzene rings is 3. The van der Waals surface area contributed by atoms with Crippen LogP contribution in [0.2, 0.25) is 5.02 Å². The van der Waals surface area contributed by atoms with Crippen LogP contribution in [0.3, 0.4) is 0 Å². The first kappa shape index (κ1) is 29.4. The number of carbonyl (C=O) groups excluding carboxylic acids is 2. The highest BCUT2D eigenvalue weighted by Gasteiger charge is 2.44. The zero-order valence-corrected chi connectivity index (χ0v) is 23.5. The standard InChI is InChI=1S/C30H28ClF3N2O6/c1-39-23-12-21(13-24(14-23)41-16-19-11-25(19)29(38)40-2)35-27(18-3-6-20(31)7-4-18)28(37)36-10-9-17-5-8-22(15-26(17)36)42-30(32,33)34/h3-8,12-15,19,25,27,35H,9-11,16H2,1-2H3. The van der Waals surface area contributed by atoms with Gasteiger partial charge in [0.15, 0.2) is 0 Å². The normalized spacial score (nSPS) is 18.1. The van der Waals surface area contributed by atoms with E-state index >= 15 is 0 Å². The van der Waals surface area contributed by atoms with E-state index < -0.39 is 18.2 Å². The minimum atomic E-state index is -4.86. The summed E-state index contributed by atoms with van der Waals surface area (Å²) in [4.78, 5) is 27.2. The molecule has 3 atom stereocenters. The number of methoxy groups -OCH3 is 2. The van der Waals surface area contributed by atoms with Gasteiger partial charge < -0.3 is 29.2 Å². The molecule has 42 heavy (non-hydrogen) atoms. The van der Waals surface area contributed by atoms with Crippen LogP contribution in [0.5, 0.6) is 17.2 Å². The van der Waals surface area contributed by atoms with E-state index in [4.69, 9.17) is 25.8 Å². The Bertz CT molecular complexity index is 1470. The Kier molecular flexibility index (Phi) is 8.40. The number of fused-ring (bicyclic) bond motifs is 1. The van der Waals surface area contributed by atoms with Crippen LogP contribution in [0, 0.1) is 11.8 Å². The first-order valence-corrected chi connectivity index (χ1v) is 13.5. The molecule has 0 spiro atoms. The van der Waals surface area contributed by atoms with Crippen molar-refractivity contribution in [3.63, 3.8) is 0 Å². The fourth-order valence-electron chi connectivity index (χ4n) is 4.98. The Morgan fingerprint density at radius 1 is 1.02 bits per heavy atom. The molecule has 3 aromatic carbocycles. The van der Waals surface area contributed by atoms with Gasteiger partial charge in [-0.05, 0) is 42.2 Å². The lowest BCUT2D eigenvalue weighted by atomic mass is 10.0. The molecule has 1 N–H and O–H groups in total. The second-order valence-electron chi connectivity index (χ2n) is 10.0. The van der Waals surface area contributed by atoms with Crippen LogP contribution in [-0.4, -0.2) is 45.6 Å². The molecule has 0 bridgehead atoms. The first-order valence-electron chi connectivity index (χ1n) is 13.2. The van der Waals surface area contributed by atoms with E-state index in [2.05, 4.69) is 10.1 Å². The summed E-state index contributed by atoms with van der Waals surface area (Å²) in [5, 5.41) is 3.73. The van der Waals surface area contributed by atoms with Crippen molar-refractivity contribution in [2.45, 2.75) is 25.2 Å². The molecule has 2 aliphatic rings. The Morgan fingerprint density at radius 2 is 1.76 bits per heavy atom. The van der Waals surface area contributed by atoms with Gasteiger partial charge >= 0.3 is 12.3 Å². The molecule has 0 radical (unpaired) electrons. The number of carbonyl (C=O) groups is 2.